The van der Waals surface area contributed by atoms with E-state index in [0.29, 0.717) is 28.1 Å². The molecule has 5 aromatic rings. The molecule has 0 aliphatic carbocycles. The molecule has 0 saturated heterocycles. The number of aromatic nitrogens is 7. The molecule has 1 aromatic carbocycles. The molecule has 0 unspecified atom stereocenters. The summed E-state index contributed by atoms with van der Waals surface area (Å²) < 4.78 is 1.49. The first-order valence-corrected chi connectivity index (χ1v) is 6.98. The maximum atomic E-state index is 12.8. The number of pyridine rings is 1. The van der Waals surface area contributed by atoms with Gasteiger partial charge in [-0.05, 0) is 23.4 Å². The molecule has 5 rings (SSSR count). The van der Waals surface area contributed by atoms with Gasteiger partial charge in [0.25, 0.3) is 5.56 Å². The van der Waals surface area contributed by atoms with Crippen LogP contribution in [-0.2, 0) is 0 Å². The standard InChI is InChI=1S/C15H9N7O/c23-15-13-12(9-3-1-2-4-10(9)16-13)17-11-6-5-8(7-22(11)15)14-18-20-21-19-14/h1-7,16H,(H,18,19,20,21). The van der Waals surface area contributed by atoms with E-state index in [1.54, 1.807) is 12.3 Å². The van der Waals surface area contributed by atoms with E-state index in [9.17, 15) is 4.79 Å². The summed E-state index contributed by atoms with van der Waals surface area (Å²) in [6.07, 6.45) is 1.67. The highest BCUT2D eigenvalue weighted by Crippen LogP contribution is 2.22. The number of hydrogen-bond acceptors (Lipinski definition) is 5. The van der Waals surface area contributed by atoms with Crippen LogP contribution in [0.1, 0.15) is 0 Å². The van der Waals surface area contributed by atoms with Crippen LogP contribution in [0.4, 0.5) is 0 Å². The Balaban J connectivity index is 1.91. The van der Waals surface area contributed by atoms with Crippen molar-refractivity contribution in [1.82, 2.24) is 35.0 Å². The Labute approximate surface area is 127 Å². The number of fused-ring (bicyclic) bond motifs is 4. The molecule has 0 atom stereocenters. The van der Waals surface area contributed by atoms with Crippen molar-refractivity contribution < 1.29 is 0 Å². The predicted molar refractivity (Wildman–Crippen MR) is 84.0 cm³/mol. The third kappa shape index (κ3) is 1.62. The lowest BCUT2D eigenvalue weighted by Crippen LogP contribution is -2.15. The number of aromatic amines is 2. The molecule has 4 heterocycles. The van der Waals surface area contributed by atoms with E-state index >= 15 is 0 Å². The zero-order valence-corrected chi connectivity index (χ0v) is 11.7. The quantitative estimate of drug-likeness (QED) is 0.488. The van der Waals surface area contributed by atoms with E-state index in [4.69, 9.17) is 0 Å². The Hall–Kier alpha value is -3.55. The molecular weight excluding hydrogens is 294 g/mol. The van der Waals surface area contributed by atoms with Crippen LogP contribution in [-0.4, -0.2) is 35.0 Å². The number of tetrazole rings is 1. The van der Waals surface area contributed by atoms with Gasteiger partial charge in [0.05, 0.1) is 0 Å². The van der Waals surface area contributed by atoms with Crippen molar-refractivity contribution in [1.29, 1.82) is 0 Å². The molecule has 8 heteroatoms. The molecule has 0 aliphatic heterocycles. The molecule has 0 aliphatic rings. The molecule has 8 nitrogen and oxygen atoms in total. The van der Waals surface area contributed by atoms with Gasteiger partial charge in [-0.3, -0.25) is 9.20 Å². The van der Waals surface area contributed by atoms with Gasteiger partial charge in [0.2, 0.25) is 5.82 Å². The number of hydrogen-bond donors (Lipinski definition) is 2. The van der Waals surface area contributed by atoms with Crippen LogP contribution >= 0.6 is 0 Å². The number of nitrogens with one attached hydrogen (secondary N) is 2. The molecule has 4 aromatic heterocycles. The second kappa shape index (κ2) is 4.23. The van der Waals surface area contributed by atoms with E-state index in [1.807, 2.05) is 30.3 Å². The van der Waals surface area contributed by atoms with Gasteiger partial charge < -0.3 is 4.98 Å². The summed E-state index contributed by atoms with van der Waals surface area (Å²) in [7, 11) is 0. The van der Waals surface area contributed by atoms with Crippen molar-refractivity contribution in [2.45, 2.75) is 0 Å². The number of para-hydroxylation sites is 1. The summed E-state index contributed by atoms with van der Waals surface area (Å²) in [6.45, 7) is 0. The number of benzene rings is 1. The van der Waals surface area contributed by atoms with E-state index in [0.717, 1.165) is 10.9 Å². The maximum absolute atomic E-state index is 12.8. The van der Waals surface area contributed by atoms with Crippen molar-refractivity contribution in [3.8, 4) is 11.4 Å². The Morgan fingerprint density at radius 2 is 2.00 bits per heavy atom. The van der Waals surface area contributed by atoms with Crippen molar-refractivity contribution in [3.05, 3.63) is 52.9 Å². The average molecular weight is 303 g/mol. The van der Waals surface area contributed by atoms with Gasteiger partial charge in [-0.25, -0.2) is 4.98 Å². The van der Waals surface area contributed by atoms with Gasteiger partial charge in [0.15, 0.2) is 0 Å². The lowest BCUT2D eigenvalue weighted by molar-refractivity contribution is 0.881. The molecule has 23 heavy (non-hydrogen) atoms. The largest absolute Gasteiger partial charge is 0.349 e. The Morgan fingerprint density at radius 1 is 1.09 bits per heavy atom. The van der Waals surface area contributed by atoms with E-state index in [1.165, 1.54) is 4.40 Å². The summed E-state index contributed by atoms with van der Waals surface area (Å²) in [5.41, 5.74) is 3.14. The summed E-state index contributed by atoms with van der Waals surface area (Å²) >= 11 is 0. The summed E-state index contributed by atoms with van der Waals surface area (Å²) in [4.78, 5) is 20.6. The maximum Gasteiger partial charge on any atom is 0.282 e. The fourth-order valence-electron chi connectivity index (χ4n) is 2.80. The number of rotatable bonds is 1. The first-order valence-electron chi connectivity index (χ1n) is 6.98. The fourth-order valence-corrected chi connectivity index (χ4v) is 2.80. The zero-order chi connectivity index (χ0) is 15.4. The predicted octanol–water partition coefficient (Wildman–Crippen LogP) is 1.51. The molecular formula is C15H9N7O. The molecule has 0 amide bonds. The van der Waals surface area contributed by atoms with Crippen LogP contribution in [0, 0.1) is 0 Å². The Bertz CT molecular complexity index is 1230. The van der Waals surface area contributed by atoms with Gasteiger partial charge in [-0.2, -0.15) is 5.21 Å². The van der Waals surface area contributed by atoms with Crippen LogP contribution < -0.4 is 5.56 Å². The van der Waals surface area contributed by atoms with E-state index in [-0.39, 0.29) is 5.56 Å². The number of nitrogens with zero attached hydrogens (tertiary/aromatic N) is 5. The van der Waals surface area contributed by atoms with Crippen LogP contribution in [0.2, 0.25) is 0 Å². The Kier molecular flexibility index (Phi) is 2.21. The minimum absolute atomic E-state index is 0.161. The zero-order valence-electron chi connectivity index (χ0n) is 11.7. The molecule has 2 N–H and O–H groups in total. The summed E-state index contributed by atoms with van der Waals surface area (Å²) in [5.74, 6) is 0.426. The van der Waals surface area contributed by atoms with E-state index < -0.39 is 0 Å². The first kappa shape index (κ1) is 12.0. The van der Waals surface area contributed by atoms with Crippen LogP contribution in [0.3, 0.4) is 0 Å². The van der Waals surface area contributed by atoms with Crippen LogP contribution in [0.5, 0.6) is 0 Å². The normalized spacial score (nSPS) is 11.7. The lowest BCUT2D eigenvalue weighted by atomic mass is 10.2. The SMILES string of the molecule is O=c1c2[nH]c3ccccc3c2nc2ccc(-c3nn[nH]n3)cn12. The first-order chi connectivity index (χ1) is 11.3. The monoisotopic (exact) mass is 303 g/mol. The molecule has 0 saturated carbocycles. The number of H-pyrrole nitrogens is 2. The van der Waals surface area contributed by atoms with Crippen molar-refractivity contribution in [2.24, 2.45) is 0 Å². The highest BCUT2D eigenvalue weighted by molar-refractivity contribution is 6.05. The lowest BCUT2D eigenvalue weighted by Gasteiger charge is -2.02. The van der Waals surface area contributed by atoms with Crippen molar-refractivity contribution >= 4 is 27.6 Å². The second-order valence-electron chi connectivity index (χ2n) is 5.19. The molecule has 0 radical (unpaired) electrons. The van der Waals surface area contributed by atoms with Crippen LogP contribution in [0.25, 0.3) is 39.0 Å². The van der Waals surface area contributed by atoms with Gasteiger partial charge >= 0.3 is 0 Å². The highest BCUT2D eigenvalue weighted by atomic mass is 16.1. The van der Waals surface area contributed by atoms with Gasteiger partial charge in [0, 0.05) is 22.7 Å². The third-order valence-corrected chi connectivity index (χ3v) is 3.87. The smallest absolute Gasteiger partial charge is 0.282 e. The fraction of sp³-hybridized carbons (Fsp3) is 0. The second-order valence-corrected chi connectivity index (χ2v) is 5.19. The van der Waals surface area contributed by atoms with Crippen molar-refractivity contribution in [2.75, 3.05) is 0 Å². The minimum Gasteiger partial charge on any atom is -0.349 e. The Morgan fingerprint density at radius 3 is 2.87 bits per heavy atom. The minimum atomic E-state index is -0.161. The average Bonchev–Trinajstić information content (AvgIpc) is 3.23. The third-order valence-electron chi connectivity index (χ3n) is 3.87. The van der Waals surface area contributed by atoms with Gasteiger partial charge in [-0.1, -0.05) is 18.2 Å². The van der Waals surface area contributed by atoms with Gasteiger partial charge in [0.1, 0.15) is 16.7 Å². The van der Waals surface area contributed by atoms with Crippen molar-refractivity contribution in [3.63, 3.8) is 0 Å². The molecule has 0 spiro atoms. The molecule has 110 valence electrons. The molecule has 0 fully saturated rings. The highest BCUT2D eigenvalue weighted by Gasteiger charge is 2.12. The van der Waals surface area contributed by atoms with Gasteiger partial charge in [-0.15, -0.1) is 10.2 Å². The summed E-state index contributed by atoms with van der Waals surface area (Å²) in [6, 6.07) is 11.3. The summed E-state index contributed by atoms with van der Waals surface area (Å²) in [5, 5.41) is 14.7. The van der Waals surface area contributed by atoms with Crippen LogP contribution in [0.15, 0.2) is 47.4 Å². The topological polar surface area (TPSA) is 105 Å². The van der Waals surface area contributed by atoms with E-state index in [2.05, 4.69) is 30.6 Å². The molecule has 0 bridgehead atoms.